The smallest absolute Gasteiger partial charge is 0.407 e. The molecule has 5 atom stereocenters. The van der Waals surface area contributed by atoms with E-state index >= 15 is 8.78 Å². The Hall–Kier alpha value is -7.43. The molecule has 4 amide bonds. The van der Waals surface area contributed by atoms with E-state index in [1.54, 1.807) is 18.2 Å². The van der Waals surface area contributed by atoms with Gasteiger partial charge in [-0.3, -0.25) is 29.6 Å². The number of nitrogens with one attached hydrogen (secondary N) is 3. The van der Waals surface area contributed by atoms with Crippen molar-refractivity contribution in [3.63, 3.8) is 0 Å². The number of terminal acetylenes is 1. The fourth-order valence-corrected chi connectivity index (χ4v) is 11.4. The number of aromatic hydroxyl groups is 1. The lowest BCUT2D eigenvalue weighted by Crippen LogP contribution is -2.52. The molecule has 2 aromatic heterocycles. The van der Waals surface area contributed by atoms with Gasteiger partial charge in [0.2, 0.25) is 11.8 Å². The average Bonchev–Trinajstić information content (AvgIpc) is 4.07. The van der Waals surface area contributed by atoms with Crippen LogP contribution in [0.15, 0.2) is 60.8 Å². The van der Waals surface area contributed by atoms with Crippen molar-refractivity contribution in [2.45, 2.75) is 81.2 Å². The zero-order valence-electron chi connectivity index (χ0n) is 38.1. The van der Waals surface area contributed by atoms with Crippen molar-refractivity contribution < 1.29 is 47.3 Å². The second-order valence-corrected chi connectivity index (χ2v) is 19.1. The maximum absolute atomic E-state index is 17.2. The second-order valence-electron chi connectivity index (χ2n) is 19.1. The summed E-state index contributed by atoms with van der Waals surface area (Å²) in [7, 11) is 0. The van der Waals surface area contributed by atoms with Gasteiger partial charge in [-0.1, -0.05) is 24.1 Å². The summed E-state index contributed by atoms with van der Waals surface area (Å²) in [5, 5.41) is 20.4. The van der Waals surface area contributed by atoms with Gasteiger partial charge in [0, 0.05) is 73.4 Å². The Kier molecular flexibility index (Phi) is 11.5. The number of carbonyl (C=O) groups is 4. The number of ether oxygens (including phenoxy) is 3. The lowest BCUT2D eigenvalue weighted by Gasteiger charge is -2.35. The largest absolute Gasteiger partial charge is 0.508 e. The third-order valence-corrected chi connectivity index (χ3v) is 14.6. The molecule has 4 N–H and O–H groups in total. The van der Waals surface area contributed by atoms with E-state index in [4.69, 9.17) is 25.6 Å². The van der Waals surface area contributed by atoms with E-state index in [-0.39, 0.29) is 115 Å². The Balaban J connectivity index is 0.759. The molecule has 19 heteroatoms. The van der Waals surface area contributed by atoms with E-state index in [2.05, 4.69) is 48.2 Å². The first-order valence-corrected chi connectivity index (χ1v) is 23.5. The van der Waals surface area contributed by atoms with E-state index in [1.165, 1.54) is 35.4 Å². The highest BCUT2D eigenvalue weighted by molar-refractivity contribution is 6.06. The Labute approximate surface area is 400 Å². The summed E-state index contributed by atoms with van der Waals surface area (Å²) >= 11 is 0. The number of imide groups is 1. The molecule has 2 bridgehead atoms. The summed E-state index contributed by atoms with van der Waals surface area (Å²) in [6, 6.07) is 10.1. The standard InChI is InChI=1S/C51H49F2N9O8/c1-3-35-39(52)9-4-28-16-33(63)18-37(42(28)35)44-43(53)45-38(20-55-44)46(60-23-30-5-6-31(24-60)56-30)59-49(58-45)70-26-51-13-12-32(62(51)21-27(2)19-51)25-69-50(67)54-14-15-68-34-7-8-36-29(17-34)22-61(48(36)66)40-10-11-41(64)57-47(40)65/h1,4,7-9,16-18,20,30-32,40,56,63H,2,5-6,10-15,19,21-26H2,(H,54,67)(H,57,64,65)/t30?,31?,32-,40?,51-/m0/s1. The van der Waals surface area contributed by atoms with Crippen molar-refractivity contribution in [2.24, 2.45) is 0 Å². The molecule has 5 aromatic rings. The van der Waals surface area contributed by atoms with Gasteiger partial charge in [0.1, 0.15) is 60.2 Å². The number of fused-ring (bicyclic) bond motifs is 6. The highest BCUT2D eigenvalue weighted by Crippen LogP contribution is 2.45. The maximum atomic E-state index is 17.2. The minimum atomic E-state index is -0.804. The van der Waals surface area contributed by atoms with Gasteiger partial charge in [0.05, 0.1) is 23.0 Å². The molecule has 3 aromatic carbocycles. The van der Waals surface area contributed by atoms with Crippen molar-refractivity contribution in [1.29, 1.82) is 0 Å². The van der Waals surface area contributed by atoms with Crippen LogP contribution < -0.4 is 30.3 Å². The molecular formula is C51H49F2N9O8. The van der Waals surface area contributed by atoms with Crippen LogP contribution in [0.4, 0.5) is 19.4 Å². The van der Waals surface area contributed by atoms with E-state index in [0.717, 1.165) is 18.4 Å². The number of halogens is 2. The number of phenols is 1. The molecule has 5 fully saturated rings. The van der Waals surface area contributed by atoms with Gasteiger partial charge in [-0.25, -0.2) is 13.6 Å². The normalized spacial score (nSPS) is 24.0. The van der Waals surface area contributed by atoms with Crippen molar-refractivity contribution >= 4 is 51.3 Å². The minimum Gasteiger partial charge on any atom is -0.508 e. The summed E-state index contributed by atoms with van der Waals surface area (Å²) in [4.78, 5) is 70.0. The zero-order valence-corrected chi connectivity index (χ0v) is 38.1. The van der Waals surface area contributed by atoms with E-state index in [1.807, 2.05) is 0 Å². The summed E-state index contributed by atoms with van der Waals surface area (Å²) in [6.45, 7) is 6.90. The first-order valence-electron chi connectivity index (χ1n) is 23.5. The molecule has 360 valence electrons. The number of rotatable bonds is 12. The Bertz CT molecular complexity index is 3080. The number of aromatic nitrogens is 3. The highest BCUT2D eigenvalue weighted by atomic mass is 19.1. The van der Waals surface area contributed by atoms with Gasteiger partial charge in [-0.15, -0.1) is 6.42 Å². The first kappa shape index (κ1) is 45.0. The molecule has 3 unspecified atom stereocenters. The van der Waals surface area contributed by atoms with Gasteiger partial charge < -0.3 is 39.8 Å². The molecule has 17 nitrogen and oxygen atoms in total. The number of piperazine rings is 1. The first-order chi connectivity index (χ1) is 33.8. The average molecular weight is 954 g/mol. The Morgan fingerprint density at radius 1 is 1.01 bits per heavy atom. The molecule has 70 heavy (non-hydrogen) atoms. The number of piperidine rings is 1. The second kappa shape index (κ2) is 17.8. The number of alkyl carbamates (subject to hydrolysis) is 1. The van der Waals surface area contributed by atoms with Crippen molar-refractivity contribution in [3.05, 3.63) is 89.1 Å². The molecule has 0 radical (unpaired) electrons. The molecule has 6 aliphatic rings. The molecule has 8 heterocycles. The monoisotopic (exact) mass is 953 g/mol. The topological polar surface area (TPSA) is 201 Å². The number of phenolic OH excluding ortho intramolecular Hbond substituents is 1. The molecular weight excluding hydrogens is 905 g/mol. The fraction of sp³-hybridized carbons (Fsp3) is 0.392. The molecule has 11 rings (SSSR count). The van der Waals surface area contributed by atoms with Crippen LogP contribution in [-0.2, 0) is 20.9 Å². The summed E-state index contributed by atoms with van der Waals surface area (Å²) < 4.78 is 50.4. The van der Waals surface area contributed by atoms with Crippen molar-refractivity contribution in [3.8, 4) is 41.1 Å². The SMILES string of the molecule is C#Cc1c(F)ccc2cc(O)cc(-c3ncc4c(N5CC6CCC(C5)N6)nc(OC[C@@]56CC[C@@H](COC(=O)NCCOc7ccc8c(c7)CN(C7CCC(=O)NC7=O)C8=O)N5CC(=C)C6)nc4c3F)c12. The number of pyridine rings is 1. The van der Waals surface area contributed by atoms with Crippen LogP contribution in [-0.4, -0.2) is 129 Å². The lowest BCUT2D eigenvalue weighted by atomic mass is 9.94. The molecule has 0 spiro atoms. The fourth-order valence-electron chi connectivity index (χ4n) is 11.4. The molecule has 0 aliphatic carbocycles. The van der Waals surface area contributed by atoms with Crippen LogP contribution in [0.1, 0.15) is 66.4 Å². The van der Waals surface area contributed by atoms with Gasteiger partial charge in [0.15, 0.2) is 5.82 Å². The van der Waals surface area contributed by atoms with Crippen molar-refractivity contribution in [2.75, 3.05) is 50.9 Å². The number of carbonyl (C=O) groups excluding carboxylic acids is 4. The summed E-state index contributed by atoms with van der Waals surface area (Å²) in [5.41, 5.74) is 1.47. The Morgan fingerprint density at radius 2 is 1.84 bits per heavy atom. The predicted octanol–water partition coefficient (Wildman–Crippen LogP) is 4.86. The number of amides is 4. The number of hydrogen-bond donors (Lipinski definition) is 4. The zero-order chi connectivity index (χ0) is 48.4. The van der Waals surface area contributed by atoms with Gasteiger partial charge in [-0.2, -0.15) is 9.97 Å². The van der Waals surface area contributed by atoms with E-state index in [0.29, 0.717) is 72.4 Å². The molecule has 6 aliphatic heterocycles. The highest BCUT2D eigenvalue weighted by Gasteiger charge is 2.51. The quantitative estimate of drug-likeness (QED) is 0.0572. The van der Waals surface area contributed by atoms with Crippen LogP contribution in [0, 0.1) is 24.0 Å². The van der Waals surface area contributed by atoms with Crippen LogP contribution in [0.5, 0.6) is 17.5 Å². The van der Waals surface area contributed by atoms with E-state index in [9.17, 15) is 24.3 Å². The van der Waals surface area contributed by atoms with Gasteiger partial charge >= 0.3 is 12.1 Å². The number of benzene rings is 3. The number of hydrogen-bond acceptors (Lipinski definition) is 14. The molecule has 0 saturated carbocycles. The molecule has 5 saturated heterocycles. The van der Waals surface area contributed by atoms with Crippen LogP contribution in [0.2, 0.25) is 0 Å². The predicted molar refractivity (Wildman–Crippen MR) is 251 cm³/mol. The van der Waals surface area contributed by atoms with E-state index < -0.39 is 35.2 Å². The van der Waals surface area contributed by atoms with Crippen LogP contribution in [0.3, 0.4) is 0 Å². The van der Waals surface area contributed by atoms with Crippen molar-refractivity contribution in [1.82, 2.24) is 40.7 Å². The maximum Gasteiger partial charge on any atom is 0.407 e. The van der Waals surface area contributed by atoms with Crippen LogP contribution in [0.25, 0.3) is 32.9 Å². The number of nitrogens with zero attached hydrogens (tertiary/aromatic N) is 6. The Morgan fingerprint density at radius 3 is 2.64 bits per heavy atom. The minimum absolute atomic E-state index is 0.0312. The van der Waals surface area contributed by atoms with Crippen LogP contribution >= 0.6 is 0 Å². The van der Waals surface area contributed by atoms with Gasteiger partial charge in [-0.05, 0) is 85.9 Å². The summed E-state index contributed by atoms with van der Waals surface area (Å²) in [6.07, 6.45) is 11.1. The lowest BCUT2D eigenvalue weighted by molar-refractivity contribution is -0.136. The summed E-state index contributed by atoms with van der Waals surface area (Å²) in [5.74, 6) is 0.619. The van der Waals surface area contributed by atoms with Gasteiger partial charge in [0.25, 0.3) is 5.91 Å². The number of anilines is 1. The third kappa shape index (κ3) is 8.13. The third-order valence-electron chi connectivity index (χ3n) is 14.6.